The molecule has 0 aliphatic heterocycles. The topological polar surface area (TPSA) is 70.0 Å². The Morgan fingerprint density at radius 2 is 1.78 bits per heavy atom. The molecule has 5 heteroatoms. The van der Waals surface area contributed by atoms with Crippen LogP contribution in [-0.2, 0) is 9.53 Å². The Labute approximate surface area is 164 Å². The number of hydrogen-bond donors (Lipinski definition) is 2. The fraction of sp³-hybridized carbons (Fsp3) is 0.955. The molecular weight excluding hydrogens is 342 g/mol. The first-order chi connectivity index (χ1) is 12.9. The fourth-order valence-electron chi connectivity index (χ4n) is 5.82. The SMILES string of the molecule is CN(C)CC1CCCCC1(O)C1CCCC(OC(=O)C2CCCCC2O)C1. The molecule has 0 bridgehead atoms. The molecule has 0 aromatic carbocycles. The summed E-state index contributed by atoms with van der Waals surface area (Å²) in [6.45, 7) is 0.922. The summed E-state index contributed by atoms with van der Waals surface area (Å²) in [5.74, 6) is -0.0434. The molecule has 5 nitrogen and oxygen atoms in total. The molecule has 0 heterocycles. The quantitative estimate of drug-likeness (QED) is 0.716. The first-order valence-corrected chi connectivity index (χ1v) is 11.2. The van der Waals surface area contributed by atoms with Gasteiger partial charge in [-0.05, 0) is 71.4 Å². The van der Waals surface area contributed by atoms with E-state index < -0.39 is 11.7 Å². The van der Waals surface area contributed by atoms with Crippen molar-refractivity contribution in [2.24, 2.45) is 17.8 Å². The number of hydrogen-bond acceptors (Lipinski definition) is 5. The number of carbonyl (C=O) groups excluding carboxylic acids is 1. The summed E-state index contributed by atoms with van der Waals surface area (Å²) < 4.78 is 5.86. The van der Waals surface area contributed by atoms with Crippen molar-refractivity contribution in [1.82, 2.24) is 4.90 Å². The number of carbonyl (C=O) groups is 1. The number of nitrogens with zero attached hydrogens (tertiary/aromatic N) is 1. The lowest BCUT2D eigenvalue weighted by Crippen LogP contribution is -2.52. The van der Waals surface area contributed by atoms with Crippen molar-refractivity contribution in [3.05, 3.63) is 0 Å². The van der Waals surface area contributed by atoms with Crippen LogP contribution in [0.3, 0.4) is 0 Å². The van der Waals surface area contributed by atoms with Crippen molar-refractivity contribution in [2.75, 3.05) is 20.6 Å². The lowest BCUT2D eigenvalue weighted by atomic mass is 9.64. The number of rotatable bonds is 5. The summed E-state index contributed by atoms with van der Waals surface area (Å²) in [5.41, 5.74) is -0.627. The number of aliphatic hydroxyl groups is 2. The van der Waals surface area contributed by atoms with Crippen molar-refractivity contribution in [3.63, 3.8) is 0 Å². The van der Waals surface area contributed by atoms with Crippen LogP contribution in [0, 0.1) is 17.8 Å². The summed E-state index contributed by atoms with van der Waals surface area (Å²) >= 11 is 0. The average molecular weight is 382 g/mol. The van der Waals surface area contributed by atoms with Gasteiger partial charge in [-0.1, -0.05) is 25.7 Å². The summed E-state index contributed by atoms with van der Waals surface area (Å²) in [6.07, 6.45) is 10.7. The minimum Gasteiger partial charge on any atom is -0.462 e. The van der Waals surface area contributed by atoms with Crippen LogP contribution >= 0.6 is 0 Å². The molecule has 0 saturated heterocycles. The van der Waals surface area contributed by atoms with Crippen LogP contribution < -0.4 is 0 Å². The van der Waals surface area contributed by atoms with Gasteiger partial charge in [-0.25, -0.2) is 0 Å². The molecule has 3 aliphatic rings. The number of ether oxygens (including phenoxy) is 1. The van der Waals surface area contributed by atoms with E-state index in [2.05, 4.69) is 19.0 Å². The first-order valence-electron chi connectivity index (χ1n) is 11.2. The van der Waals surface area contributed by atoms with E-state index in [0.717, 1.165) is 70.8 Å². The minimum absolute atomic E-state index is 0.101. The molecule has 3 saturated carbocycles. The molecule has 0 aromatic heterocycles. The van der Waals surface area contributed by atoms with Gasteiger partial charge in [0, 0.05) is 12.5 Å². The van der Waals surface area contributed by atoms with E-state index in [1.165, 1.54) is 6.42 Å². The van der Waals surface area contributed by atoms with Crippen LogP contribution in [0.15, 0.2) is 0 Å². The first kappa shape index (κ1) is 21.1. The van der Waals surface area contributed by atoms with Crippen molar-refractivity contribution in [1.29, 1.82) is 0 Å². The van der Waals surface area contributed by atoms with Gasteiger partial charge >= 0.3 is 5.97 Å². The monoisotopic (exact) mass is 381 g/mol. The predicted molar refractivity (Wildman–Crippen MR) is 105 cm³/mol. The Balaban J connectivity index is 1.61. The molecule has 2 N–H and O–H groups in total. The standard InChI is InChI=1S/C22H39NO4/c1-23(2)15-17-8-5-6-13-22(17,26)16-9-7-10-18(14-16)27-21(25)19-11-3-4-12-20(19)24/h16-20,24,26H,3-15H2,1-2H3. The highest BCUT2D eigenvalue weighted by Crippen LogP contribution is 2.45. The highest BCUT2D eigenvalue weighted by molar-refractivity contribution is 5.73. The smallest absolute Gasteiger partial charge is 0.311 e. The van der Waals surface area contributed by atoms with Gasteiger partial charge in [-0.15, -0.1) is 0 Å². The molecule has 0 radical (unpaired) electrons. The van der Waals surface area contributed by atoms with E-state index >= 15 is 0 Å². The maximum atomic E-state index is 12.6. The van der Waals surface area contributed by atoms with Crippen LogP contribution in [0.5, 0.6) is 0 Å². The molecule has 3 fully saturated rings. The third-order valence-corrected chi connectivity index (χ3v) is 7.32. The summed E-state index contributed by atoms with van der Waals surface area (Å²) in [4.78, 5) is 14.8. The number of aliphatic hydroxyl groups excluding tert-OH is 1. The maximum absolute atomic E-state index is 12.6. The van der Waals surface area contributed by atoms with Gasteiger partial charge in [0.05, 0.1) is 17.6 Å². The molecule has 6 atom stereocenters. The fourth-order valence-corrected chi connectivity index (χ4v) is 5.82. The van der Waals surface area contributed by atoms with Gasteiger partial charge in [-0.2, -0.15) is 0 Å². The Hall–Kier alpha value is -0.650. The molecule has 27 heavy (non-hydrogen) atoms. The lowest BCUT2D eigenvalue weighted by molar-refractivity contribution is -0.168. The van der Waals surface area contributed by atoms with Crippen LogP contribution in [0.4, 0.5) is 0 Å². The van der Waals surface area contributed by atoms with E-state index in [1.807, 2.05) is 0 Å². The largest absolute Gasteiger partial charge is 0.462 e. The second kappa shape index (κ2) is 9.23. The molecule has 0 spiro atoms. The third kappa shape index (κ3) is 5.04. The van der Waals surface area contributed by atoms with Crippen molar-refractivity contribution in [2.45, 2.75) is 94.9 Å². The molecule has 156 valence electrons. The second-order valence-corrected chi connectivity index (χ2v) is 9.58. The Morgan fingerprint density at radius 3 is 2.52 bits per heavy atom. The van der Waals surface area contributed by atoms with Crippen LogP contribution in [0.2, 0.25) is 0 Å². The zero-order valence-electron chi connectivity index (χ0n) is 17.2. The predicted octanol–water partition coefficient (Wildman–Crippen LogP) is 3.12. The lowest BCUT2D eigenvalue weighted by Gasteiger charge is -2.48. The van der Waals surface area contributed by atoms with Crippen molar-refractivity contribution >= 4 is 5.97 Å². The van der Waals surface area contributed by atoms with Crippen molar-refractivity contribution < 1.29 is 19.7 Å². The van der Waals surface area contributed by atoms with Gasteiger partial charge < -0.3 is 19.8 Å². The zero-order valence-corrected chi connectivity index (χ0v) is 17.2. The Bertz CT molecular complexity index is 497. The van der Waals surface area contributed by atoms with Gasteiger partial charge in [0.2, 0.25) is 0 Å². The molecule has 3 aliphatic carbocycles. The van der Waals surface area contributed by atoms with E-state index in [0.29, 0.717) is 12.3 Å². The normalized spacial score (nSPS) is 40.7. The Morgan fingerprint density at radius 1 is 1.04 bits per heavy atom. The van der Waals surface area contributed by atoms with Crippen LogP contribution in [-0.4, -0.2) is 59.5 Å². The van der Waals surface area contributed by atoms with Gasteiger partial charge in [0.1, 0.15) is 6.10 Å². The summed E-state index contributed by atoms with van der Waals surface area (Å²) in [6, 6.07) is 0. The molecule has 0 amide bonds. The molecule has 6 unspecified atom stereocenters. The van der Waals surface area contributed by atoms with E-state index in [-0.39, 0.29) is 23.9 Å². The van der Waals surface area contributed by atoms with E-state index in [1.54, 1.807) is 0 Å². The molecule has 3 rings (SSSR count). The van der Waals surface area contributed by atoms with E-state index in [9.17, 15) is 15.0 Å². The number of esters is 1. The third-order valence-electron chi connectivity index (χ3n) is 7.32. The molecular formula is C22H39NO4. The second-order valence-electron chi connectivity index (χ2n) is 9.58. The van der Waals surface area contributed by atoms with Crippen LogP contribution in [0.1, 0.15) is 77.0 Å². The van der Waals surface area contributed by atoms with Crippen LogP contribution in [0.25, 0.3) is 0 Å². The van der Waals surface area contributed by atoms with Crippen molar-refractivity contribution in [3.8, 4) is 0 Å². The highest BCUT2D eigenvalue weighted by Gasteiger charge is 2.47. The molecule has 0 aromatic rings. The summed E-state index contributed by atoms with van der Waals surface area (Å²) in [7, 11) is 4.16. The zero-order chi connectivity index (χ0) is 19.4. The maximum Gasteiger partial charge on any atom is 0.311 e. The highest BCUT2D eigenvalue weighted by atomic mass is 16.5. The minimum atomic E-state index is -0.627. The Kier molecular flexibility index (Phi) is 7.20. The van der Waals surface area contributed by atoms with Gasteiger partial charge in [0.15, 0.2) is 0 Å². The van der Waals surface area contributed by atoms with Gasteiger partial charge in [0.25, 0.3) is 0 Å². The summed E-state index contributed by atoms with van der Waals surface area (Å²) in [5, 5.41) is 21.8. The van der Waals surface area contributed by atoms with Gasteiger partial charge in [-0.3, -0.25) is 4.79 Å². The van der Waals surface area contributed by atoms with E-state index in [4.69, 9.17) is 4.74 Å². The average Bonchev–Trinajstić information content (AvgIpc) is 2.64.